The van der Waals surface area contributed by atoms with Crippen LogP contribution in [0.4, 0.5) is 0 Å². The smallest absolute Gasteiger partial charge is 0.336 e. The molecule has 1 aliphatic heterocycles. The van der Waals surface area contributed by atoms with Crippen molar-refractivity contribution in [3.8, 4) is 0 Å². The zero-order chi connectivity index (χ0) is 12.7. The number of esters is 2. The number of ether oxygens (including phenoxy) is 1. The Morgan fingerprint density at radius 3 is 2.88 bits per heavy atom. The summed E-state index contributed by atoms with van der Waals surface area (Å²) in [6, 6.07) is -0.855. The predicted octanol–water partition coefficient (Wildman–Crippen LogP) is 0.425. The maximum absolute atomic E-state index is 11.4. The Morgan fingerprint density at radius 2 is 2.29 bits per heavy atom. The third kappa shape index (κ3) is 4.52. The van der Waals surface area contributed by atoms with Crippen molar-refractivity contribution in [3.63, 3.8) is 0 Å². The van der Waals surface area contributed by atoms with Gasteiger partial charge in [-0.3, -0.25) is 9.59 Å². The summed E-state index contributed by atoms with van der Waals surface area (Å²) >= 11 is 0. The average molecular weight is 240 g/mol. The lowest BCUT2D eigenvalue weighted by molar-refractivity contribution is -0.153. The minimum atomic E-state index is -0.855. The lowest BCUT2D eigenvalue weighted by Crippen LogP contribution is -2.37. The van der Waals surface area contributed by atoms with Crippen molar-refractivity contribution in [1.82, 2.24) is 5.32 Å². The molecule has 17 heavy (non-hydrogen) atoms. The van der Waals surface area contributed by atoms with Crippen LogP contribution in [0.1, 0.15) is 25.7 Å². The molecule has 1 atom stereocenters. The van der Waals surface area contributed by atoms with Crippen LogP contribution in [0.25, 0.3) is 10.4 Å². The molecule has 0 aromatic heterocycles. The molecule has 0 aromatic carbocycles. The molecule has 1 amide bonds. The van der Waals surface area contributed by atoms with E-state index in [0.717, 1.165) is 0 Å². The fourth-order valence-corrected chi connectivity index (χ4v) is 1.36. The number of carbonyl (C=O) groups excluding carboxylic acids is 3. The standard InChI is InChI=1S/C9H12N4O4/c10-13-11-4-2-1-3-7(14)12-6-5-8(15)17-9(6)16/h6H,1-5H2,(H,12,14). The Kier molecular flexibility index (Phi) is 4.96. The molecule has 92 valence electrons. The van der Waals surface area contributed by atoms with Crippen LogP contribution in [-0.4, -0.2) is 30.4 Å². The zero-order valence-electron chi connectivity index (χ0n) is 9.09. The normalized spacial score (nSPS) is 18.5. The van der Waals surface area contributed by atoms with Gasteiger partial charge in [-0.15, -0.1) is 0 Å². The van der Waals surface area contributed by atoms with Crippen LogP contribution in [0.15, 0.2) is 5.11 Å². The zero-order valence-corrected chi connectivity index (χ0v) is 9.09. The van der Waals surface area contributed by atoms with E-state index in [9.17, 15) is 14.4 Å². The molecule has 8 heteroatoms. The fourth-order valence-electron chi connectivity index (χ4n) is 1.36. The number of hydrogen-bond acceptors (Lipinski definition) is 5. The van der Waals surface area contributed by atoms with Crippen molar-refractivity contribution in [3.05, 3.63) is 10.4 Å². The Balaban J connectivity index is 2.19. The number of unbranched alkanes of at least 4 members (excludes halogenated alkanes) is 1. The van der Waals surface area contributed by atoms with Crippen LogP contribution in [0, 0.1) is 0 Å². The minimum absolute atomic E-state index is 0.108. The van der Waals surface area contributed by atoms with Gasteiger partial charge in [-0.2, -0.15) is 0 Å². The summed E-state index contributed by atoms with van der Waals surface area (Å²) in [7, 11) is 0. The van der Waals surface area contributed by atoms with E-state index >= 15 is 0 Å². The van der Waals surface area contributed by atoms with Gasteiger partial charge >= 0.3 is 11.9 Å². The number of hydrogen-bond donors (Lipinski definition) is 1. The molecule has 1 unspecified atom stereocenters. The molecule has 0 saturated carbocycles. The van der Waals surface area contributed by atoms with E-state index in [-0.39, 0.29) is 18.7 Å². The van der Waals surface area contributed by atoms with Gasteiger partial charge in [0.15, 0.2) is 0 Å². The molecule has 0 radical (unpaired) electrons. The first-order chi connectivity index (χ1) is 8.13. The summed E-state index contributed by atoms with van der Waals surface area (Å²) in [5.74, 6) is -1.65. The highest BCUT2D eigenvalue weighted by molar-refractivity contribution is 5.98. The number of nitrogens with zero attached hydrogens (tertiary/aromatic N) is 3. The van der Waals surface area contributed by atoms with Crippen molar-refractivity contribution < 1.29 is 19.1 Å². The Morgan fingerprint density at radius 1 is 1.53 bits per heavy atom. The van der Waals surface area contributed by atoms with Crippen molar-refractivity contribution in [2.75, 3.05) is 6.54 Å². The van der Waals surface area contributed by atoms with Gasteiger partial charge < -0.3 is 10.1 Å². The van der Waals surface area contributed by atoms with Gasteiger partial charge in [0, 0.05) is 17.9 Å². The van der Waals surface area contributed by atoms with E-state index in [1.54, 1.807) is 0 Å². The topological polar surface area (TPSA) is 121 Å². The molecule has 1 N–H and O–H groups in total. The fraction of sp³-hybridized carbons (Fsp3) is 0.667. The number of rotatable bonds is 6. The van der Waals surface area contributed by atoms with Crippen LogP contribution in [0.2, 0.25) is 0 Å². The van der Waals surface area contributed by atoms with Gasteiger partial charge in [0.1, 0.15) is 6.04 Å². The predicted molar refractivity (Wildman–Crippen MR) is 55.5 cm³/mol. The van der Waals surface area contributed by atoms with Gasteiger partial charge in [-0.05, 0) is 18.4 Å². The maximum atomic E-state index is 11.4. The van der Waals surface area contributed by atoms with Crippen LogP contribution in [-0.2, 0) is 19.1 Å². The molecule has 1 aliphatic rings. The number of amides is 1. The highest BCUT2D eigenvalue weighted by Crippen LogP contribution is 2.08. The third-order valence-electron chi connectivity index (χ3n) is 2.18. The summed E-state index contributed by atoms with van der Waals surface area (Å²) in [6.45, 7) is 0.341. The van der Waals surface area contributed by atoms with E-state index in [2.05, 4.69) is 20.1 Å². The molecular formula is C9H12N4O4. The van der Waals surface area contributed by atoms with Crippen LogP contribution in [0.5, 0.6) is 0 Å². The van der Waals surface area contributed by atoms with E-state index in [4.69, 9.17) is 5.53 Å². The second-order valence-corrected chi connectivity index (χ2v) is 3.53. The number of nitrogens with one attached hydrogen (secondary N) is 1. The maximum Gasteiger partial charge on any atom is 0.336 e. The summed E-state index contributed by atoms with van der Waals surface area (Å²) in [4.78, 5) is 35.7. The van der Waals surface area contributed by atoms with Gasteiger partial charge in [0.05, 0.1) is 6.42 Å². The van der Waals surface area contributed by atoms with Crippen molar-refractivity contribution in [1.29, 1.82) is 0 Å². The van der Waals surface area contributed by atoms with Crippen LogP contribution < -0.4 is 5.32 Å². The molecule has 0 spiro atoms. The van der Waals surface area contributed by atoms with Gasteiger partial charge in [-0.25, -0.2) is 4.79 Å². The Bertz CT molecular complexity index is 375. The van der Waals surface area contributed by atoms with Crippen LogP contribution >= 0.6 is 0 Å². The van der Waals surface area contributed by atoms with Gasteiger partial charge in [0.2, 0.25) is 5.91 Å². The molecule has 1 saturated heterocycles. The van der Waals surface area contributed by atoms with Crippen molar-refractivity contribution in [2.45, 2.75) is 31.7 Å². The Hall–Kier alpha value is -2.08. The molecule has 0 aromatic rings. The summed E-state index contributed by atoms with van der Waals surface area (Å²) in [5.41, 5.74) is 8.01. The van der Waals surface area contributed by atoms with Crippen molar-refractivity contribution >= 4 is 17.8 Å². The highest BCUT2D eigenvalue weighted by Gasteiger charge is 2.34. The molecular weight excluding hydrogens is 228 g/mol. The number of carbonyl (C=O) groups is 3. The molecule has 0 aliphatic carbocycles. The van der Waals surface area contributed by atoms with E-state index in [1.807, 2.05) is 0 Å². The quantitative estimate of drug-likeness (QED) is 0.180. The van der Waals surface area contributed by atoms with Crippen molar-refractivity contribution in [2.24, 2.45) is 5.11 Å². The highest BCUT2D eigenvalue weighted by atomic mass is 16.6. The average Bonchev–Trinajstić information content (AvgIpc) is 2.57. The van der Waals surface area contributed by atoms with E-state index < -0.39 is 18.0 Å². The molecule has 1 rings (SSSR count). The van der Waals surface area contributed by atoms with Crippen LogP contribution in [0.3, 0.4) is 0 Å². The third-order valence-corrected chi connectivity index (χ3v) is 2.18. The second kappa shape index (κ2) is 6.49. The second-order valence-electron chi connectivity index (χ2n) is 3.53. The first-order valence-electron chi connectivity index (χ1n) is 5.18. The van der Waals surface area contributed by atoms with E-state index in [0.29, 0.717) is 19.4 Å². The van der Waals surface area contributed by atoms with E-state index in [1.165, 1.54) is 0 Å². The minimum Gasteiger partial charge on any atom is -0.392 e. The summed E-state index contributed by atoms with van der Waals surface area (Å²) < 4.78 is 4.28. The SMILES string of the molecule is [N-]=[N+]=NCCCCC(=O)NC1CC(=O)OC1=O. The summed E-state index contributed by atoms with van der Waals surface area (Å²) in [5, 5.41) is 5.74. The Labute approximate surface area is 96.9 Å². The molecule has 1 heterocycles. The monoisotopic (exact) mass is 240 g/mol. The molecule has 0 bridgehead atoms. The number of azide groups is 1. The van der Waals surface area contributed by atoms with Gasteiger partial charge in [-0.1, -0.05) is 5.11 Å². The molecule has 1 fully saturated rings. The van der Waals surface area contributed by atoms with Gasteiger partial charge in [0.25, 0.3) is 0 Å². The molecule has 8 nitrogen and oxygen atoms in total. The number of cyclic esters (lactones) is 2. The largest absolute Gasteiger partial charge is 0.392 e. The lowest BCUT2D eigenvalue weighted by atomic mass is 10.2. The lowest BCUT2D eigenvalue weighted by Gasteiger charge is -2.07. The first kappa shape index (κ1) is 13.0. The summed E-state index contributed by atoms with van der Waals surface area (Å²) in [6.07, 6.45) is 1.27. The first-order valence-corrected chi connectivity index (χ1v) is 5.18.